The van der Waals surface area contributed by atoms with E-state index in [1.807, 2.05) is 7.05 Å². The number of aliphatic imine (C=N–C) groups is 1. The third-order valence-electron chi connectivity index (χ3n) is 4.41. The van der Waals surface area contributed by atoms with Gasteiger partial charge in [-0.25, -0.2) is 0 Å². The Morgan fingerprint density at radius 1 is 1.36 bits per heavy atom. The van der Waals surface area contributed by atoms with Crippen LogP contribution in [0.4, 0.5) is 8.78 Å². The van der Waals surface area contributed by atoms with Gasteiger partial charge in [0.05, 0.1) is 0 Å². The molecule has 0 atom stereocenters. The third-order valence-corrected chi connectivity index (χ3v) is 4.41. The number of para-hydroxylation sites is 1. The molecule has 7 heteroatoms. The van der Waals surface area contributed by atoms with Crippen LogP contribution >= 0.6 is 0 Å². The van der Waals surface area contributed by atoms with Crippen molar-refractivity contribution in [3.63, 3.8) is 0 Å². The van der Waals surface area contributed by atoms with Crippen molar-refractivity contribution < 1.29 is 18.3 Å². The zero-order valence-corrected chi connectivity index (χ0v) is 14.9. The molecule has 5 nitrogen and oxygen atoms in total. The summed E-state index contributed by atoms with van der Waals surface area (Å²) in [7, 11) is 3.70. The summed E-state index contributed by atoms with van der Waals surface area (Å²) in [5, 5.41) is 3.21. The number of benzene rings is 1. The third kappa shape index (κ3) is 6.49. The first-order valence-corrected chi connectivity index (χ1v) is 8.62. The lowest BCUT2D eigenvalue weighted by molar-refractivity contribution is -0.0504. The second-order valence-corrected chi connectivity index (χ2v) is 6.15. The van der Waals surface area contributed by atoms with Crippen molar-refractivity contribution in [1.82, 2.24) is 10.2 Å². The predicted octanol–water partition coefficient (Wildman–Crippen LogP) is 3.11. The molecule has 0 unspecified atom stereocenters. The van der Waals surface area contributed by atoms with E-state index in [1.165, 1.54) is 0 Å². The van der Waals surface area contributed by atoms with E-state index in [0.717, 1.165) is 45.0 Å². The molecule has 1 heterocycles. The van der Waals surface area contributed by atoms with E-state index in [0.29, 0.717) is 18.0 Å². The van der Waals surface area contributed by atoms with Gasteiger partial charge in [0.25, 0.3) is 0 Å². The fraction of sp³-hybridized carbons (Fsp3) is 0.611. The van der Waals surface area contributed by atoms with Crippen LogP contribution < -0.4 is 10.1 Å². The quantitative estimate of drug-likeness (QED) is 0.603. The molecule has 2 rings (SSSR count). The van der Waals surface area contributed by atoms with Gasteiger partial charge in [-0.1, -0.05) is 18.2 Å². The molecule has 1 aromatic carbocycles. The highest BCUT2D eigenvalue weighted by Gasteiger charge is 2.16. The van der Waals surface area contributed by atoms with Crippen LogP contribution in [0.2, 0.25) is 0 Å². The number of nitrogens with one attached hydrogen (secondary N) is 1. The molecule has 1 fully saturated rings. The van der Waals surface area contributed by atoms with Crippen LogP contribution in [-0.4, -0.2) is 51.3 Å². The number of ether oxygens (including phenoxy) is 2. The van der Waals surface area contributed by atoms with E-state index in [4.69, 9.17) is 4.74 Å². The number of alkyl halides is 2. The van der Waals surface area contributed by atoms with Crippen LogP contribution in [0.15, 0.2) is 29.3 Å². The van der Waals surface area contributed by atoms with E-state index >= 15 is 0 Å². The van der Waals surface area contributed by atoms with Gasteiger partial charge < -0.3 is 19.7 Å². The Labute approximate surface area is 148 Å². The summed E-state index contributed by atoms with van der Waals surface area (Å²) in [6, 6.07) is 6.78. The molecular formula is C18H27F2N3O2. The van der Waals surface area contributed by atoms with E-state index in [9.17, 15) is 8.78 Å². The molecule has 0 radical (unpaired) electrons. The molecule has 1 saturated heterocycles. The van der Waals surface area contributed by atoms with Gasteiger partial charge in [-0.05, 0) is 31.2 Å². The SMILES string of the molecule is CN=C(NCc1ccccc1OC(F)F)N(C)CCC1CCOCC1. The van der Waals surface area contributed by atoms with Crippen molar-refractivity contribution in [1.29, 1.82) is 0 Å². The zero-order chi connectivity index (χ0) is 18.1. The lowest BCUT2D eigenvalue weighted by atomic mass is 9.96. The molecule has 140 valence electrons. The van der Waals surface area contributed by atoms with E-state index < -0.39 is 6.61 Å². The fourth-order valence-corrected chi connectivity index (χ4v) is 2.94. The molecule has 0 aliphatic carbocycles. The number of guanidine groups is 1. The van der Waals surface area contributed by atoms with Crippen molar-refractivity contribution in [3.8, 4) is 5.75 Å². The maximum Gasteiger partial charge on any atom is 0.387 e. The Hall–Kier alpha value is -1.89. The molecule has 0 saturated carbocycles. The van der Waals surface area contributed by atoms with Crippen LogP contribution in [0, 0.1) is 5.92 Å². The van der Waals surface area contributed by atoms with Crippen LogP contribution in [0.3, 0.4) is 0 Å². The Balaban J connectivity index is 1.85. The summed E-state index contributed by atoms with van der Waals surface area (Å²) >= 11 is 0. The standard InChI is InChI=1S/C18H27F2N3O2/c1-21-18(23(2)10-7-14-8-11-24-12-9-14)22-13-15-5-3-4-6-16(15)25-17(19)20/h3-6,14,17H,7-13H2,1-2H3,(H,21,22). The lowest BCUT2D eigenvalue weighted by Gasteiger charge is -2.27. The van der Waals surface area contributed by atoms with Gasteiger partial charge in [-0.15, -0.1) is 0 Å². The van der Waals surface area contributed by atoms with Crippen LogP contribution in [0.1, 0.15) is 24.8 Å². The number of nitrogens with zero attached hydrogens (tertiary/aromatic N) is 2. The molecule has 1 aliphatic heterocycles. The largest absolute Gasteiger partial charge is 0.434 e. The fourth-order valence-electron chi connectivity index (χ4n) is 2.94. The highest BCUT2D eigenvalue weighted by atomic mass is 19.3. The molecule has 0 aromatic heterocycles. The second kappa shape index (κ2) is 10.2. The average Bonchev–Trinajstić information content (AvgIpc) is 2.62. The molecule has 1 N–H and O–H groups in total. The summed E-state index contributed by atoms with van der Waals surface area (Å²) in [5.41, 5.74) is 0.668. The molecule has 0 amide bonds. The summed E-state index contributed by atoms with van der Waals surface area (Å²) in [5.74, 6) is 1.61. The minimum Gasteiger partial charge on any atom is -0.434 e. The first kappa shape index (κ1) is 19.4. The predicted molar refractivity (Wildman–Crippen MR) is 94.1 cm³/mol. The summed E-state index contributed by atoms with van der Waals surface area (Å²) in [6.07, 6.45) is 3.31. The smallest absolute Gasteiger partial charge is 0.387 e. The zero-order valence-electron chi connectivity index (χ0n) is 14.9. The number of hydrogen-bond donors (Lipinski definition) is 1. The Kier molecular flexibility index (Phi) is 7.91. The highest BCUT2D eigenvalue weighted by Crippen LogP contribution is 2.20. The number of hydrogen-bond acceptors (Lipinski definition) is 3. The molecule has 25 heavy (non-hydrogen) atoms. The molecule has 1 aromatic rings. The number of halogens is 2. The minimum atomic E-state index is -2.83. The van der Waals surface area contributed by atoms with Crippen molar-refractivity contribution in [2.75, 3.05) is 33.9 Å². The Bertz CT molecular complexity index is 549. The molecule has 1 aliphatic rings. The van der Waals surface area contributed by atoms with Crippen molar-refractivity contribution >= 4 is 5.96 Å². The van der Waals surface area contributed by atoms with E-state index in [-0.39, 0.29) is 5.75 Å². The van der Waals surface area contributed by atoms with Gasteiger partial charge in [-0.2, -0.15) is 8.78 Å². The summed E-state index contributed by atoms with van der Waals surface area (Å²) < 4.78 is 34.9. The van der Waals surface area contributed by atoms with Gasteiger partial charge in [0.15, 0.2) is 5.96 Å². The molecular weight excluding hydrogens is 328 g/mol. The Morgan fingerprint density at radius 3 is 2.76 bits per heavy atom. The van der Waals surface area contributed by atoms with Crippen LogP contribution in [0.5, 0.6) is 5.75 Å². The second-order valence-electron chi connectivity index (χ2n) is 6.15. The molecule has 0 spiro atoms. The summed E-state index contributed by atoms with van der Waals surface area (Å²) in [4.78, 5) is 6.34. The molecule has 0 bridgehead atoms. The van der Waals surface area contributed by atoms with Crippen molar-refractivity contribution in [2.45, 2.75) is 32.4 Å². The lowest BCUT2D eigenvalue weighted by Crippen LogP contribution is -2.39. The minimum absolute atomic E-state index is 0.185. The maximum absolute atomic E-state index is 12.5. The van der Waals surface area contributed by atoms with Gasteiger partial charge in [0.1, 0.15) is 5.75 Å². The van der Waals surface area contributed by atoms with E-state index in [2.05, 4.69) is 19.9 Å². The van der Waals surface area contributed by atoms with Gasteiger partial charge in [0.2, 0.25) is 0 Å². The topological polar surface area (TPSA) is 46.1 Å². The van der Waals surface area contributed by atoms with Gasteiger partial charge in [0, 0.05) is 46.0 Å². The normalized spacial score (nSPS) is 16.1. The van der Waals surface area contributed by atoms with Crippen molar-refractivity contribution in [2.24, 2.45) is 10.9 Å². The Morgan fingerprint density at radius 2 is 2.08 bits per heavy atom. The van der Waals surface area contributed by atoms with Crippen LogP contribution in [-0.2, 0) is 11.3 Å². The summed E-state index contributed by atoms with van der Waals surface area (Å²) in [6.45, 7) is 0.129. The van der Waals surface area contributed by atoms with E-state index in [1.54, 1.807) is 31.3 Å². The first-order chi connectivity index (χ1) is 12.1. The van der Waals surface area contributed by atoms with Gasteiger partial charge in [-0.3, -0.25) is 4.99 Å². The van der Waals surface area contributed by atoms with Gasteiger partial charge >= 0.3 is 6.61 Å². The first-order valence-electron chi connectivity index (χ1n) is 8.62. The highest BCUT2D eigenvalue weighted by molar-refractivity contribution is 5.79. The average molecular weight is 355 g/mol. The maximum atomic E-state index is 12.5. The monoisotopic (exact) mass is 355 g/mol. The number of rotatable bonds is 7. The van der Waals surface area contributed by atoms with Crippen LogP contribution in [0.25, 0.3) is 0 Å². The van der Waals surface area contributed by atoms with Crippen molar-refractivity contribution in [3.05, 3.63) is 29.8 Å².